The number of carbonyl (C=O) groups is 3. The second kappa shape index (κ2) is 12.6. The average molecular weight is 635 g/mol. The van der Waals surface area contributed by atoms with Gasteiger partial charge in [0.25, 0.3) is 5.91 Å². The lowest BCUT2D eigenvalue weighted by molar-refractivity contribution is -0.150. The molecule has 10 nitrogen and oxygen atoms in total. The summed E-state index contributed by atoms with van der Waals surface area (Å²) in [5, 5.41) is 16.2. The molecule has 0 saturated carbocycles. The van der Waals surface area contributed by atoms with Crippen molar-refractivity contribution < 1.29 is 29.0 Å². The van der Waals surface area contributed by atoms with Crippen LogP contribution < -0.4 is 15.5 Å². The van der Waals surface area contributed by atoms with E-state index in [1.54, 1.807) is 9.80 Å². The molecule has 3 amide bonds. The Balaban J connectivity index is 1.27. The number of hydrogen-bond acceptors (Lipinski definition) is 7. The first-order chi connectivity index (χ1) is 21.5. The molecule has 1 spiro atoms. The summed E-state index contributed by atoms with van der Waals surface area (Å²) in [6.45, 7) is 8.08. The molecular formula is C34H46N4O6Si. The Morgan fingerprint density at radius 2 is 1.93 bits per heavy atom. The van der Waals surface area contributed by atoms with Crippen molar-refractivity contribution in [3.63, 3.8) is 0 Å². The molecule has 242 valence electrons. The van der Waals surface area contributed by atoms with Crippen LogP contribution in [0.1, 0.15) is 50.2 Å². The van der Waals surface area contributed by atoms with Crippen LogP contribution in [-0.2, 0) is 31.3 Å². The van der Waals surface area contributed by atoms with Gasteiger partial charge in [0.15, 0.2) is 13.9 Å². The lowest BCUT2D eigenvalue weighted by Gasteiger charge is -2.32. The molecular weight excluding hydrogens is 588 g/mol. The quantitative estimate of drug-likeness (QED) is 0.328. The van der Waals surface area contributed by atoms with E-state index in [4.69, 9.17) is 4.74 Å². The summed E-state index contributed by atoms with van der Waals surface area (Å²) in [5.41, 5.74) is 1.37. The molecule has 0 radical (unpaired) electrons. The molecule has 0 aromatic heterocycles. The van der Waals surface area contributed by atoms with Crippen LogP contribution in [0.15, 0.2) is 48.5 Å². The van der Waals surface area contributed by atoms with Crippen LogP contribution in [0.2, 0.25) is 18.6 Å². The fourth-order valence-electron chi connectivity index (χ4n) is 8.28. The maximum Gasteiger partial charge on any atom is 0.264 e. The number of fused-ring (bicyclic) bond motifs is 2. The minimum atomic E-state index is -2.92. The van der Waals surface area contributed by atoms with Crippen LogP contribution in [0.25, 0.3) is 0 Å². The fourth-order valence-corrected chi connectivity index (χ4v) is 10.8. The number of piperidine rings is 1. The zero-order valence-electron chi connectivity index (χ0n) is 26.5. The highest BCUT2D eigenvalue weighted by molar-refractivity contribution is 6.71. The Hall–Kier alpha value is -3.09. The molecule has 4 heterocycles. The number of rotatable bonds is 8. The predicted molar refractivity (Wildman–Crippen MR) is 174 cm³/mol. The molecule has 6 rings (SSSR count). The summed E-state index contributed by atoms with van der Waals surface area (Å²) in [6.07, 6.45) is 2.86. The first-order valence-corrected chi connectivity index (χ1v) is 19.4. The topological polar surface area (TPSA) is 131 Å². The van der Waals surface area contributed by atoms with Crippen LogP contribution in [0.4, 0.5) is 11.4 Å². The van der Waals surface area contributed by atoms with E-state index >= 15 is 0 Å². The molecule has 6 atom stereocenters. The number of aliphatic hydroxyl groups is 1. The number of anilines is 2. The Bertz CT molecular complexity index is 1440. The number of carbonyl (C=O) groups excluding carboxylic acids is 3. The number of nitrogens with zero attached hydrogens (tertiary/aromatic N) is 2. The minimum Gasteiger partial charge on any atom is -0.432 e. The van der Waals surface area contributed by atoms with E-state index in [0.29, 0.717) is 18.8 Å². The van der Waals surface area contributed by atoms with Gasteiger partial charge in [-0.05, 0) is 69.1 Å². The van der Waals surface area contributed by atoms with Crippen molar-refractivity contribution >= 4 is 37.4 Å². The maximum absolute atomic E-state index is 14.7. The first-order valence-electron chi connectivity index (χ1n) is 16.4. The fraction of sp³-hybridized carbons (Fsp3) is 0.559. The first kappa shape index (κ1) is 31.9. The highest BCUT2D eigenvalue weighted by Crippen LogP contribution is 2.59. The molecule has 2 aromatic rings. The van der Waals surface area contributed by atoms with Gasteiger partial charge in [0.1, 0.15) is 0 Å². The molecule has 3 fully saturated rings. The van der Waals surface area contributed by atoms with Gasteiger partial charge in [-0.3, -0.25) is 14.4 Å². The van der Waals surface area contributed by atoms with Crippen molar-refractivity contribution in [3.05, 3.63) is 59.7 Å². The van der Waals surface area contributed by atoms with E-state index in [0.717, 1.165) is 49.0 Å². The van der Waals surface area contributed by atoms with Gasteiger partial charge in [0.05, 0.1) is 43.3 Å². The van der Waals surface area contributed by atoms with Crippen LogP contribution in [0.3, 0.4) is 0 Å². The van der Waals surface area contributed by atoms with Crippen molar-refractivity contribution in [2.24, 2.45) is 11.8 Å². The molecule has 1 unspecified atom stereocenters. The van der Waals surface area contributed by atoms with E-state index in [9.17, 15) is 24.3 Å². The molecule has 2 aromatic carbocycles. The molecule has 3 saturated heterocycles. The van der Waals surface area contributed by atoms with Gasteiger partial charge < -0.3 is 35.1 Å². The lowest BCUT2D eigenvalue weighted by atomic mass is 9.82. The van der Waals surface area contributed by atoms with E-state index in [1.807, 2.05) is 68.5 Å². The van der Waals surface area contributed by atoms with Gasteiger partial charge in [-0.2, -0.15) is 0 Å². The minimum absolute atomic E-state index is 0.00395. The van der Waals surface area contributed by atoms with Crippen molar-refractivity contribution in [2.45, 2.75) is 82.0 Å². The third-order valence-electron chi connectivity index (χ3n) is 10.4. The molecule has 0 aliphatic carbocycles. The molecule has 4 aliphatic heterocycles. The maximum atomic E-state index is 14.7. The highest BCUT2D eigenvalue weighted by Gasteiger charge is 2.66. The second-order valence-electron chi connectivity index (χ2n) is 13.8. The summed E-state index contributed by atoms with van der Waals surface area (Å²) in [4.78, 5) is 56.1. The smallest absolute Gasteiger partial charge is 0.264 e. The number of ether oxygens (including phenoxy) is 1. The summed E-state index contributed by atoms with van der Waals surface area (Å²) in [6, 6.07) is 15.0. The summed E-state index contributed by atoms with van der Waals surface area (Å²) >= 11 is 0. The Labute approximate surface area is 266 Å². The van der Waals surface area contributed by atoms with Crippen LogP contribution in [0.5, 0.6) is 0 Å². The number of benzene rings is 2. The molecule has 11 heteroatoms. The average Bonchev–Trinajstić information content (AvgIpc) is 3.68. The Morgan fingerprint density at radius 1 is 1.13 bits per heavy atom. The largest absolute Gasteiger partial charge is 0.432 e. The molecule has 4 aliphatic rings. The molecule has 0 bridgehead atoms. The van der Waals surface area contributed by atoms with Crippen LogP contribution >= 0.6 is 0 Å². The van der Waals surface area contributed by atoms with Crippen molar-refractivity contribution in [3.8, 4) is 0 Å². The Morgan fingerprint density at radius 3 is 2.67 bits per heavy atom. The second-order valence-corrected chi connectivity index (χ2v) is 17.7. The zero-order chi connectivity index (χ0) is 31.9. The van der Waals surface area contributed by atoms with Gasteiger partial charge >= 0.3 is 0 Å². The zero-order valence-corrected chi connectivity index (χ0v) is 27.5. The Kier molecular flexibility index (Phi) is 8.92. The lowest BCUT2D eigenvalue weighted by Crippen LogP contribution is -2.46. The van der Waals surface area contributed by atoms with Crippen LogP contribution in [0, 0.1) is 11.8 Å². The summed E-state index contributed by atoms with van der Waals surface area (Å²) < 4.78 is 6.82. The number of hydrogen-bond donors (Lipinski definition) is 4. The molecule has 4 N–H and O–H groups in total. The standard InChI is InChI=1S/C34H46N4O6Si/c1-22-31(45(2,3)43)29(18-30(40)37-16-8-12-26(37)21-39)44-34(22)27-13-4-5-14-28(27)38(33(34)42)20-23-9-6-11-25(17-23)36-32(41)24-10-7-15-35-19-24/h4-6,9,11,13-14,17,22,24,26,29,31,35,39,43H,7-8,10,12,15-16,18-21H2,1-3H3,(H,36,41)/t22-,24?,26-,29+,31-,34+/m0/s1. The normalized spacial score (nSPS) is 29.8. The number of likely N-dealkylation sites (tertiary alicyclic amines) is 1. The highest BCUT2D eigenvalue weighted by atomic mass is 28.4. The van der Waals surface area contributed by atoms with Gasteiger partial charge in [-0.25, -0.2) is 0 Å². The van der Waals surface area contributed by atoms with E-state index in [1.165, 1.54) is 0 Å². The van der Waals surface area contributed by atoms with E-state index < -0.39 is 20.0 Å². The SMILES string of the molecule is C[C@H]1[C@H]([Si](C)(C)O)[C@@H](CC(=O)N2CCC[C@H]2CO)O[C@]12C(=O)N(Cc1cccc(NC(=O)C3CCCNC3)c1)c1ccccc12. The number of aliphatic hydroxyl groups excluding tert-OH is 1. The van der Waals surface area contributed by atoms with Crippen molar-refractivity contribution in [1.29, 1.82) is 0 Å². The summed E-state index contributed by atoms with van der Waals surface area (Å²) in [5.74, 6) is -0.755. The third kappa shape index (κ3) is 5.85. The number of nitrogens with one attached hydrogen (secondary N) is 2. The van der Waals surface area contributed by atoms with Crippen molar-refractivity contribution in [2.75, 3.05) is 36.5 Å². The van der Waals surface area contributed by atoms with E-state index in [2.05, 4.69) is 10.6 Å². The molecule has 45 heavy (non-hydrogen) atoms. The van der Waals surface area contributed by atoms with Crippen LogP contribution in [-0.4, -0.2) is 79.2 Å². The van der Waals surface area contributed by atoms with Crippen molar-refractivity contribution in [1.82, 2.24) is 10.2 Å². The monoisotopic (exact) mass is 634 g/mol. The number of para-hydroxylation sites is 1. The third-order valence-corrected chi connectivity index (χ3v) is 12.9. The van der Waals surface area contributed by atoms with E-state index in [-0.39, 0.29) is 60.7 Å². The number of amides is 3. The van der Waals surface area contributed by atoms with Gasteiger partial charge in [0.2, 0.25) is 11.8 Å². The summed E-state index contributed by atoms with van der Waals surface area (Å²) in [7, 11) is -2.92. The van der Waals surface area contributed by atoms with Gasteiger partial charge in [-0.1, -0.05) is 37.3 Å². The van der Waals surface area contributed by atoms with Gasteiger partial charge in [0, 0.05) is 35.8 Å². The van der Waals surface area contributed by atoms with Gasteiger partial charge in [-0.15, -0.1) is 0 Å². The predicted octanol–water partition coefficient (Wildman–Crippen LogP) is 3.34.